The molecule has 1 aliphatic heterocycles. The number of ether oxygens (including phenoxy) is 1. The second-order valence-electron chi connectivity index (χ2n) is 3.99. The maximum absolute atomic E-state index is 12.2. The number of rotatable bonds is 4. The van der Waals surface area contributed by atoms with E-state index in [-0.39, 0.29) is 11.5 Å². The molecule has 1 aromatic carbocycles. The van der Waals surface area contributed by atoms with Crippen LogP contribution in [-0.2, 0) is 19.6 Å². The van der Waals surface area contributed by atoms with Gasteiger partial charge in [-0.25, -0.2) is 8.42 Å². The van der Waals surface area contributed by atoms with Crippen LogP contribution in [0.25, 0.3) is 0 Å². The number of carbonyl (C=O) groups is 1. The Labute approximate surface area is 108 Å². The van der Waals surface area contributed by atoms with Gasteiger partial charge in [-0.15, -0.1) is 0 Å². The van der Waals surface area contributed by atoms with Gasteiger partial charge in [-0.3, -0.25) is 4.79 Å². The van der Waals surface area contributed by atoms with E-state index >= 15 is 0 Å². The smallest absolute Gasteiger partial charge is 0.325 e. The number of carbonyl (C=O) groups excluding carboxylic acids is 1. The molecule has 5 nitrogen and oxygen atoms in total. The monoisotopic (exact) mass is 270 g/mol. The van der Waals surface area contributed by atoms with Crippen molar-refractivity contribution < 1.29 is 19.3 Å². The molecule has 0 aromatic heterocycles. The van der Waals surface area contributed by atoms with E-state index in [4.69, 9.17) is 6.11 Å². The molecule has 0 amide bonds. The van der Waals surface area contributed by atoms with E-state index in [0.717, 1.165) is 9.87 Å². The molecule has 6 heteroatoms. The zero-order valence-corrected chi connectivity index (χ0v) is 11.0. The fourth-order valence-corrected chi connectivity index (χ4v) is 2.94. The second-order valence-corrected chi connectivity index (χ2v) is 5.84. The van der Waals surface area contributed by atoms with E-state index in [1.807, 2.05) is 6.92 Å². The Morgan fingerprint density at radius 3 is 2.67 bits per heavy atom. The molecule has 0 N–H and O–H groups in total. The van der Waals surface area contributed by atoms with Gasteiger partial charge < -0.3 is 4.74 Å². The van der Waals surface area contributed by atoms with Crippen molar-refractivity contribution in [1.29, 1.82) is 0 Å². The van der Waals surface area contributed by atoms with E-state index in [1.165, 1.54) is 12.1 Å². The first kappa shape index (κ1) is 11.7. The van der Waals surface area contributed by atoms with Crippen molar-refractivity contribution in [2.45, 2.75) is 24.8 Å². The maximum Gasteiger partial charge on any atom is 0.325 e. The molecule has 0 aliphatic carbocycles. The fourth-order valence-electron chi connectivity index (χ4n) is 1.55. The lowest BCUT2D eigenvalue weighted by Crippen LogP contribution is -2.21. The van der Waals surface area contributed by atoms with Crippen LogP contribution in [0.15, 0.2) is 29.2 Å². The molecule has 1 heterocycles. The first-order chi connectivity index (χ1) is 8.89. The zero-order chi connectivity index (χ0) is 14.2. The molecule has 0 saturated carbocycles. The molecule has 0 radical (unpaired) electrons. The molecule has 1 aliphatic rings. The Morgan fingerprint density at radius 1 is 1.50 bits per heavy atom. The minimum absolute atomic E-state index is 0.0853. The fraction of sp³-hybridized carbons (Fsp3) is 0.417. The molecular formula is C12H15NO4S. The van der Waals surface area contributed by atoms with Gasteiger partial charge in [-0.05, 0) is 26.0 Å². The highest BCUT2D eigenvalue weighted by Gasteiger charge is 2.50. The van der Waals surface area contributed by atoms with Gasteiger partial charge in [0.25, 0.3) is 0 Å². The second kappa shape index (κ2) is 4.70. The average Bonchev–Trinajstić information content (AvgIpc) is 3.03. The highest BCUT2D eigenvalue weighted by molar-refractivity contribution is 7.89. The van der Waals surface area contributed by atoms with Crippen LogP contribution < -0.4 is 0 Å². The summed E-state index contributed by atoms with van der Waals surface area (Å²) < 4.78 is 37.7. The quantitative estimate of drug-likeness (QED) is 0.603. The Hall–Kier alpha value is -1.40. The van der Waals surface area contributed by atoms with Crippen LogP contribution in [0.1, 0.15) is 13.9 Å². The standard InChI is InChI=1S/C12H15NO4S/c1-3-17-12(14)11-8-13(11)18(15,16)10-6-4-9(2)5-7-10/h4-7,11H,3,8H2,1-2H3/t11-,13?/m0/s1/i8D/t8-,11-,13?. The van der Waals surface area contributed by atoms with Crippen molar-refractivity contribution in [3.8, 4) is 0 Å². The van der Waals surface area contributed by atoms with Crippen molar-refractivity contribution in [2.75, 3.05) is 13.1 Å². The molecule has 0 spiro atoms. The van der Waals surface area contributed by atoms with Crippen molar-refractivity contribution in [2.24, 2.45) is 0 Å². The van der Waals surface area contributed by atoms with Crippen molar-refractivity contribution >= 4 is 16.0 Å². The first-order valence-electron chi connectivity index (χ1n) is 6.16. The Morgan fingerprint density at radius 2 is 2.11 bits per heavy atom. The van der Waals surface area contributed by atoms with Crippen molar-refractivity contribution in [1.82, 2.24) is 4.31 Å². The number of benzene rings is 1. The van der Waals surface area contributed by atoms with E-state index in [0.29, 0.717) is 0 Å². The summed E-state index contributed by atoms with van der Waals surface area (Å²) in [5.41, 5.74) is 0.939. The highest BCUT2D eigenvalue weighted by atomic mass is 32.2. The first-order valence-corrected chi connectivity index (χ1v) is 7.02. The molecule has 1 fully saturated rings. The molecule has 3 atom stereocenters. The zero-order valence-electron chi connectivity index (χ0n) is 11.2. The Bertz CT molecular complexity index is 584. The lowest BCUT2D eigenvalue weighted by atomic mass is 10.2. The molecule has 0 bridgehead atoms. The van der Waals surface area contributed by atoms with Crippen LogP contribution in [-0.4, -0.2) is 37.9 Å². The number of hydrogen-bond donors (Lipinski definition) is 0. The van der Waals surface area contributed by atoms with Gasteiger partial charge in [0, 0.05) is 7.89 Å². The molecular weight excluding hydrogens is 254 g/mol. The van der Waals surface area contributed by atoms with Gasteiger partial charge in [0.15, 0.2) is 0 Å². The molecule has 1 unspecified atom stereocenters. The van der Waals surface area contributed by atoms with Crippen LogP contribution in [0, 0.1) is 6.92 Å². The van der Waals surface area contributed by atoms with E-state index < -0.39 is 28.6 Å². The summed E-state index contributed by atoms with van der Waals surface area (Å²) >= 11 is 0. The van der Waals surface area contributed by atoms with Gasteiger partial charge >= 0.3 is 5.97 Å². The normalized spacial score (nSPS) is 27.4. The topological polar surface area (TPSA) is 63.5 Å². The summed E-state index contributed by atoms with van der Waals surface area (Å²) in [5, 5.41) is 0. The van der Waals surface area contributed by atoms with E-state index in [1.54, 1.807) is 19.1 Å². The predicted octanol–water partition coefficient (Wildman–Crippen LogP) is 0.931. The molecule has 18 heavy (non-hydrogen) atoms. The van der Waals surface area contributed by atoms with Gasteiger partial charge in [0.05, 0.1) is 11.5 Å². The third kappa shape index (κ3) is 2.39. The predicted molar refractivity (Wildman–Crippen MR) is 65.5 cm³/mol. The summed E-state index contributed by atoms with van der Waals surface area (Å²) in [6.45, 7) is 2.56. The van der Waals surface area contributed by atoms with E-state index in [2.05, 4.69) is 0 Å². The molecule has 98 valence electrons. The maximum atomic E-state index is 12.2. The SMILES string of the molecule is [2H][C@H]1[C@@H](C(=O)OCC)N1S(=O)(=O)c1ccc(C)cc1. The van der Waals surface area contributed by atoms with Gasteiger partial charge in [-0.2, -0.15) is 4.31 Å². The number of esters is 1. The van der Waals surface area contributed by atoms with Crippen LogP contribution in [0.3, 0.4) is 0 Å². The summed E-state index contributed by atoms with van der Waals surface area (Å²) in [5.74, 6) is -0.668. The minimum Gasteiger partial charge on any atom is -0.465 e. The molecule has 2 rings (SSSR count). The molecule has 1 aromatic rings. The van der Waals surface area contributed by atoms with Crippen molar-refractivity contribution in [3.05, 3.63) is 29.8 Å². The van der Waals surface area contributed by atoms with Gasteiger partial charge in [0.1, 0.15) is 6.04 Å². The third-order valence-corrected chi connectivity index (χ3v) is 4.37. The number of hydrogen-bond acceptors (Lipinski definition) is 4. The highest BCUT2D eigenvalue weighted by Crippen LogP contribution is 2.29. The van der Waals surface area contributed by atoms with Crippen LogP contribution >= 0.6 is 0 Å². The largest absolute Gasteiger partial charge is 0.465 e. The summed E-state index contributed by atoms with van der Waals surface area (Å²) in [4.78, 5) is 11.6. The van der Waals surface area contributed by atoms with Crippen LogP contribution in [0.2, 0.25) is 0 Å². The van der Waals surface area contributed by atoms with Crippen molar-refractivity contribution in [3.63, 3.8) is 0 Å². The minimum atomic E-state index is -3.80. The summed E-state index contributed by atoms with van der Waals surface area (Å²) in [7, 11) is -3.80. The van der Waals surface area contributed by atoms with Gasteiger partial charge in [-0.1, -0.05) is 17.7 Å². The number of aryl methyl sites for hydroxylation is 1. The lowest BCUT2D eigenvalue weighted by Gasteiger charge is -2.06. The summed E-state index contributed by atoms with van der Waals surface area (Å²) in [6, 6.07) is 5.27. The van der Waals surface area contributed by atoms with E-state index in [9.17, 15) is 13.2 Å². The average molecular weight is 270 g/mol. The number of sulfonamides is 1. The van der Waals surface area contributed by atoms with Gasteiger partial charge in [0.2, 0.25) is 10.0 Å². The number of nitrogens with zero attached hydrogens (tertiary/aromatic N) is 1. The third-order valence-electron chi connectivity index (χ3n) is 2.60. The van der Waals surface area contributed by atoms with Crippen LogP contribution in [0.4, 0.5) is 0 Å². The molecule has 1 saturated heterocycles. The Kier molecular flexibility index (Phi) is 3.05. The Balaban J connectivity index is 2.23. The summed E-state index contributed by atoms with van der Waals surface area (Å²) in [6.07, 6.45) is 0. The van der Waals surface area contributed by atoms with Crippen LogP contribution in [0.5, 0.6) is 0 Å². The lowest BCUT2D eigenvalue weighted by molar-refractivity contribution is -0.142.